The Labute approximate surface area is 178 Å². The number of nitrogens with zero attached hydrogens (tertiary/aromatic N) is 3. The first-order chi connectivity index (χ1) is 14.7. The van der Waals surface area contributed by atoms with Crippen LogP contribution in [0.15, 0.2) is 54.6 Å². The lowest BCUT2D eigenvalue weighted by atomic mass is 10.2. The van der Waals surface area contributed by atoms with Crippen molar-refractivity contribution in [3.63, 3.8) is 0 Å². The Balaban J connectivity index is 1.27. The van der Waals surface area contributed by atoms with Crippen LogP contribution in [-0.2, 0) is 16.1 Å². The number of anilines is 1. The smallest absolute Gasteiger partial charge is 0.227 e. The molecule has 0 spiro atoms. The molecule has 0 unspecified atom stereocenters. The molecule has 2 aliphatic rings. The van der Waals surface area contributed by atoms with Crippen LogP contribution in [0.4, 0.5) is 5.69 Å². The topological polar surface area (TPSA) is 53.1 Å². The van der Waals surface area contributed by atoms with Crippen molar-refractivity contribution in [2.24, 2.45) is 0 Å². The SMILES string of the molecule is O=C(CCC(=O)N1CCOc2ccccc21)N1CCCN(Cc2ccccc2)CC1. The lowest BCUT2D eigenvalue weighted by Gasteiger charge is -2.29. The Bertz CT molecular complexity index is 871. The van der Waals surface area contributed by atoms with Gasteiger partial charge in [-0.3, -0.25) is 14.5 Å². The molecule has 0 aliphatic carbocycles. The number of amides is 2. The number of para-hydroxylation sites is 2. The average molecular weight is 408 g/mol. The van der Waals surface area contributed by atoms with Crippen molar-refractivity contribution in [2.45, 2.75) is 25.8 Å². The van der Waals surface area contributed by atoms with Gasteiger partial charge in [0.15, 0.2) is 0 Å². The van der Waals surface area contributed by atoms with E-state index in [2.05, 4.69) is 29.2 Å². The zero-order chi connectivity index (χ0) is 20.8. The van der Waals surface area contributed by atoms with Crippen molar-refractivity contribution in [2.75, 3.05) is 44.2 Å². The summed E-state index contributed by atoms with van der Waals surface area (Å²) in [6.45, 7) is 5.27. The molecule has 0 radical (unpaired) electrons. The first kappa shape index (κ1) is 20.4. The van der Waals surface area contributed by atoms with E-state index in [1.807, 2.05) is 35.2 Å². The molecule has 1 fully saturated rings. The number of hydrogen-bond acceptors (Lipinski definition) is 4. The Morgan fingerprint density at radius 2 is 1.57 bits per heavy atom. The van der Waals surface area contributed by atoms with E-state index < -0.39 is 0 Å². The molecule has 2 amide bonds. The molecule has 0 bridgehead atoms. The highest BCUT2D eigenvalue weighted by Gasteiger charge is 2.25. The third-order valence-corrected chi connectivity index (χ3v) is 5.77. The number of hydrogen-bond donors (Lipinski definition) is 0. The van der Waals surface area contributed by atoms with E-state index >= 15 is 0 Å². The highest BCUT2D eigenvalue weighted by atomic mass is 16.5. The monoisotopic (exact) mass is 407 g/mol. The summed E-state index contributed by atoms with van der Waals surface area (Å²) in [5.74, 6) is 0.792. The normalized spacial score (nSPS) is 17.1. The molecule has 6 nitrogen and oxygen atoms in total. The minimum absolute atomic E-state index is 0.0142. The van der Waals surface area contributed by atoms with Gasteiger partial charge in [-0.05, 0) is 24.1 Å². The summed E-state index contributed by atoms with van der Waals surface area (Å²) >= 11 is 0. The van der Waals surface area contributed by atoms with Crippen LogP contribution in [0.5, 0.6) is 5.75 Å². The highest BCUT2D eigenvalue weighted by molar-refractivity contribution is 5.97. The first-order valence-corrected chi connectivity index (χ1v) is 10.8. The Morgan fingerprint density at radius 1 is 0.800 bits per heavy atom. The Kier molecular flexibility index (Phi) is 6.64. The van der Waals surface area contributed by atoms with Crippen LogP contribution in [0.1, 0.15) is 24.8 Å². The summed E-state index contributed by atoms with van der Waals surface area (Å²) in [5, 5.41) is 0. The van der Waals surface area contributed by atoms with E-state index in [0.717, 1.165) is 50.6 Å². The van der Waals surface area contributed by atoms with E-state index in [4.69, 9.17) is 4.74 Å². The van der Waals surface area contributed by atoms with E-state index in [9.17, 15) is 9.59 Å². The summed E-state index contributed by atoms with van der Waals surface area (Å²) in [6.07, 6.45) is 1.46. The zero-order valence-electron chi connectivity index (χ0n) is 17.3. The molecule has 30 heavy (non-hydrogen) atoms. The summed E-state index contributed by atoms with van der Waals surface area (Å²) in [4.78, 5) is 31.6. The van der Waals surface area contributed by atoms with E-state index in [-0.39, 0.29) is 24.7 Å². The largest absolute Gasteiger partial charge is 0.490 e. The lowest BCUT2D eigenvalue weighted by molar-refractivity contribution is -0.133. The van der Waals surface area contributed by atoms with Gasteiger partial charge in [0.25, 0.3) is 0 Å². The second-order valence-electron chi connectivity index (χ2n) is 7.86. The van der Waals surface area contributed by atoms with Gasteiger partial charge in [0, 0.05) is 45.6 Å². The lowest BCUT2D eigenvalue weighted by Crippen LogP contribution is -2.39. The van der Waals surface area contributed by atoms with Gasteiger partial charge in [-0.2, -0.15) is 0 Å². The molecule has 0 atom stereocenters. The molecular weight excluding hydrogens is 378 g/mol. The molecule has 2 aromatic carbocycles. The number of benzene rings is 2. The van der Waals surface area contributed by atoms with Crippen molar-refractivity contribution in [3.05, 3.63) is 60.2 Å². The number of carbonyl (C=O) groups is 2. The molecule has 6 heteroatoms. The van der Waals surface area contributed by atoms with Crippen molar-refractivity contribution in [1.29, 1.82) is 0 Å². The highest BCUT2D eigenvalue weighted by Crippen LogP contribution is 2.31. The van der Waals surface area contributed by atoms with Crippen LogP contribution < -0.4 is 9.64 Å². The molecule has 2 aliphatic heterocycles. The maximum atomic E-state index is 12.8. The predicted molar refractivity (Wildman–Crippen MR) is 116 cm³/mol. The summed E-state index contributed by atoms with van der Waals surface area (Å²) < 4.78 is 5.62. The number of ether oxygens (including phenoxy) is 1. The fourth-order valence-corrected chi connectivity index (χ4v) is 4.16. The minimum atomic E-state index is -0.0142. The molecule has 0 saturated carbocycles. The van der Waals surface area contributed by atoms with E-state index in [1.54, 1.807) is 4.90 Å². The molecule has 0 aromatic heterocycles. The van der Waals surface area contributed by atoms with Crippen LogP contribution in [0.3, 0.4) is 0 Å². The molecular formula is C24H29N3O3. The quantitative estimate of drug-likeness (QED) is 0.765. The fourth-order valence-electron chi connectivity index (χ4n) is 4.16. The van der Waals surface area contributed by atoms with Crippen LogP contribution in [-0.4, -0.2) is 60.9 Å². The maximum absolute atomic E-state index is 12.8. The minimum Gasteiger partial charge on any atom is -0.490 e. The van der Waals surface area contributed by atoms with Crippen molar-refractivity contribution in [3.8, 4) is 5.75 Å². The van der Waals surface area contributed by atoms with E-state index in [1.165, 1.54) is 5.56 Å². The number of rotatable bonds is 5. The second kappa shape index (κ2) is 9.76. The van der Waals surface area contributed by atoms with Crippen LogP contribution in [0.2, 0.25) is 0 Å². The maximum Gasteiger partial charge on any atom is 0.227 e. The summed E-state index contributed by atoms with van der Waals surface area (Å²) in [7, 11) is 0. The fraction of sp³-hybridized carbons (Fsp3) is 0.417. The van der Waals surface area contributed by atoms with Gasteiger partial charge in [-0.25, -0.2) is 0 Å². The average Bonchev–Trinajstić information content (AvgIpc) is 3.03. The van der Waals surface area contributed by atoms with Crippen molar-refractivity contribution < 1.29 is 14.3 Å². The van der Waals surface area contributed by atoms with E-state index in [0.29, 0.717) is 13.2 Å². The number of carbonyl (C=O) groups excluding carboxylic acids is 2. The molecule has 158 valence electrons. The van der Waals surface area contributed by atoms with Crippen molar-refractivity contribution >= 4 is 17.5 Å². The van der Waals surface area contributed by atoms with Crippen LogP contribution in [0.25, 0.3) is 0 Å². The first-order valence-electron chi connectivity index (χ1n) is 10.8. The van der Waals surface area contributed by atoms with Crippen LogP contribution >= 0.6 is 0 Å². The van der Waals surface area contributed by atoms with Gasteiger partial charge in [0.1, 0.15) is 12.4 Å². The predicted octanol–water partition coefficient (Wildman–Crippen LogP) is 2.93. The molecule has 0 N–H and O–H groups in total. The second-order valence-corrected chi connectivity index (χ2v) is 7.86. The number of fused-ring (bicyclic) bond motifs is 1. The van der Waals surface area contributed by atoms with Gasteiger partial charge >= 0.3 is 0 Å². The van der Waals surface area contributed by atoms with Gasteiger partial charge < -0.3 is 14.5 Å². The zero-order valence-corrected chi connectivity index (χ0v) is 17.3. The summed E-state index contributed by atoms with van der Waals surface area (Å²) in [6, 6.07) is 18.0. The Morgan fingerprint density at radius 3 is 2.43 bits per heavy atom. The Hall–Kier alpha value is -2.86. The molecule has 4 rings (SSSR count). The summed E-state index contributed by atoms with van der Waals surface area (Å²) in [5.41, 5.74) is 2.10. The molecule has 2 heterocycles. The van der Waals surface area contributed by atoms with Crippen LogP contribution in [0, 0.1) is 0 Å². The molecule has 2 aromatic rings. The van der Waals surface area contributed by atoms with Gasteiger partial charge in [-0.15, -0.1) is 0 Å². The third kappa shape index (κ3) is 5.00. The van der Waals surface area contributed by atoms with Gasteiger partial charge in [0.05, 0.1) is 12.2 Å². The van der Waals surface area contributed by atoms with Crippen molar-refractivity contribution in [1.82, 2.24) is 9.80 Å². The third-order valence-electron chi connectivity index (χ3n) is 5.77. The van der Waals surface area contributed by atoms with Gasteiger partial charge in [-0.1, -0.05) is 42.5 Å². The standard InChI is InChI=1S/C24H29N3O3/c28-23(11-12-24(29)27-17-18-30-22-10-5-4-9-21(22)27)26-14-6-13-25(15-16-26)19-20-7-2-1-3-8-20/h1-5,7-10H,6,11-19H2. The molecule has 1 saturated heterocycles. The van der Waals surface area contributed by atoms with Gasteiger partial charge in [0.2, 0.25) is 11.8 Å².